The summed E-state index contributed by atoms with van der Waals surface area (Å²) in [6.45, 7) is 0.897. The standard InChI is InChI=1S/C10H12N4OS/c1-2-7(15-3-1)4-16-10-8-9(12-5-11-8)13-6-14-10/h5-7H,1-4H2,(H,11,12,13,14). The lowest BCUT2D eigenvalue weighted by atomic mass is 10.3. The zero-order valence-corrected chi connectivity index (χ0v) is 9.54. The molecule has 0 saturated carbocycles. The highest BCUT2D eigenvalue weighted by molar-refractivity contribution is 7.99. The molecule has 0 bridgehead atoms. The molecule has 1 aliphatic rings. The van der Waals surface area contributed by atoms with Gasteiger partial charge in [0.1, 0.15) is 16.9 Å². The Morgan fingerprint density at radius 3 is 3.31 bits per heavy atom. The fraction of sp³-hybridized carbons (Fsp3) is 0.500. The molecule has 1 N–H and O–H groups in total. The van der Waals surface area contributed by atoms with E-state index in [1.165, 1.54) is 6.42 Å². The van der Waals surface area contributed by atoms with Gasteiger partial charge in [-0.05, 0) is 12.8 Å². The average Bonchev–Trinajstić information content (AvgIpc) is 2.97. The zero-order valence-electron chi connectivity index (χ0n) is 8.72. The molecule has 6 heteroatoms. The Bertz CT molecular complexity index is 480. The van der Waals surface area contributed by atoms with Crippen molar-refractivity contribution >= 4 is 22.9 Å². The summed E-state index contributed by atoms with van der Waals surface area (Å²) in [6.07, 6.45) is 5.91. The van der Waals surface area contributed by atoms with Crippen LogP contribution in [0.4, 0.5) is 0 Å². The van der Waals surface area contributed by atoms with Crippen LogP contribution in [0.1, 0.15) is 12.8 Å². The smallest absolute Gasteiger partial charge is 0.181 e. The molecule has 1 aliphatic heterocycles. The van der Waals surface area contributed by atoms with Crippen LogP contribution < -0.4 is 0 Å². The summed E-state index contributed by atoms with van der Waals surface area (Å²) in [4.78, 5) is 15.5. The molecule has 1 unspecified atom stereocenters. The van der Waals surface area contributed by atoms with Crippen molar-refractivity contribution in [1.82, 2.24) is 19.9 Å². The van der Waals surface area contributed by atoms with E-state index in [0.717, 1.165) is 35.0 Å². The number of hydrogen-bond donors (Lipinski definition) is 1. The first-order valence-electron chi connectivity index (χ1n) is 5.32. The van der Waals surface area contributed by atoms with Gasteiger partial charge in [0.25, 0.3) is 0 Å². The highest BCUT2D eigenvalue weighted by atomic mass is 32.2. The second-order valence-corrected chi connectivity index (χ2v) is 4.73. The first-order chi connectivity index (χ1) is 7.93. The van der Waals surface area contributed by atoms with Crippen LogP contribution in [0.25, 0.3) is 11.2 Å². The maximum atomic E-state index is 5.58. The molecular formula is C10H12N4OS. The number of imidazole rings is 1. The van der Waals surface area contributed by atoms with E-state index >= 15 is 0 Å². The van der Waals surface area contributed by atoms with Gasteiger partial charge < -0.3 is 9.72 Å². The predicted molar refractivity (Wildman–Crippen MR) is 61.4 cm³/mol. The van der Waals surface area contributed by atoms with Crippen molar-refractivity contribution in [3.63, 3.8) is 0 Å². The van der Waals surface area contributed by atoms with E-state index in [4.69, 9.17) is 4.74 Å². The molecule has 1 atom stereocenters. The van der Waals surface area contributed by atoms with Crippen LogP contribution in [0.3, 0.4) is 0 Å². The Labute approximate surface area is 97.0 Å². The second kappa shape index (κ2) is 4.39. The van der Waals surface area contributed by atoms with Crippen molar-refractivity contribution in [1.29, 1.82) is 0 Å². The molecule has 2 aromatic rings. The van der Waals surface area contributed by atoms with Crippen LogP contribution in [0.2, 0.25) is 0 Å². The summed E-state index contributed by atoms with van der Waals surface area (Å²) in [5.41, 5.74) is 1.65. The van der Waals surface area contributed by atoms with E-state index in [1.54, 1.807) is 24.4 Å². The average molecular weight is 236 g/mol. The number of nitrogens with one attached hydrogen (secondary N) is 1. The first kappa shape index (κ1) is 10.0. The monoisotopic (exact) mass is 236 g/mol. The van der Waals surface area contributed by atoms with Gasteiger partial charge in [-0.1, -0.05) is 0 Å². The summed E-state index contributed by atoms with van der Waals surface area (Å²) in [5.74, 6) is 0.950. The SMILES string of the molecule is c1nc(SCC2CCCO2)c2[nH]cnc2n1. The Balaban J connectivity index is 1.75. The fourth-order valence-corrected chi connectivity index (χ4v) is 2.82. The number of thioether (sulfide) groups is 1. The highest BCUT2D eigenvalue weighted by Crippen LogP contribution is 2.25. The van der Waals surface area contributed by atoms with Gasteiger partial charge in [0.05, 0.1) is 12.4 Å². The van der Waals surface area contributed by atoms with Gasteiger partial charge in [-0.2, -0.15) is 0 Å². The van der Waals surface area contributed by atoms with Crippen LogP contribution >= 0.6 is 11.8 Å². The molecule has 84 valence electrons. The lowest BCUT2D eigenvalue weighted by Gasteiger charge is -2.07. The normalized spacial score (nSPS) is 20.6. The number of H-pyrrole nitrogens is 1. The molecule has 0 radical (unpaired) electrons. The van der Waals surface area contributed by atoms with E-state index in [9.17, 15) is 0 Å². The quantitative estimate of drug-likeness (QED) is 0.648. The lowest BCUT2D eigenvalue weighted by molar-refractivity contribution is 0.129. The van der Waals surface area contributed by atoms with E-state index in [2.05, 4.69) is 19.9 Å². The molecule has 3 heterocycles. The summed E-state index contributed by atoms with van der Waals surface area (Å²) in [5, 5.41) is 0.956. The summed E-state index contributed by atoms with van der Waals surface area (Å²) >= 11 is 1.70. The lowest BCUT2D eigenvalue weighted by Crippen LogP contribution is -2.08. The van der Waals surface area contributed by atoms with Gasteiger partial charge in [0.2, 0.25) is 0 Å². The Hall–Kier alpha value is -1.14. The molecule has 0 aromatic carbocycles. The van der Waals surface area contributed by atoms with Crippen molar-refractivity contribution in [2.75, 3.05) is 12.4 Å². The molecule has 5 nitrogen and oxygen atoms in total. The third kappa shape index (κ3) is 1.90. The van der Waals surface area contributed by atoms with Gasteiger partial charge >= 0.3 is 0 Å². The third-order valence-corrected chi connectivity index (χ3v) is 3.74. The fourth-order valence-electron chi connectivity index (χ4n) is 1.80. The minimum absolute atomic E-state index is 0.373. The molecule has 2 aromatic heterocycles. The zero-order chi connectivity index (χ0) is 10.8. The third-order valence-electron chi connectivity index (χ3n) is 2.62. The number of fused-ring (bicyclic) bond motifs is 1. The number of nitrogens with zero attached hydrogens (tertiary/aromatic N) is 3. The molecule has 0 aliphatic carbocycles. The van der Waals surface area contributed by atoms with Crippen LogP contribution in [-0.2, 0) is 4.74 Å². The van der Waals surface area contributed by atoms with E-state index in [1.807, 2.05) is 0 Å². The molecule has 0 amide bonds. The molecule has 16 heavy (non-hydrogen) atoms. The topological polar surface area (TPSA) is 63.7 Å². The molecule has 3 rings (SSSR count). The maximum absolute atomic E-state index is 5.58. The predicted octanol–water partition coefficient (Wildman–Crippen LogP) is 1.62. The van der Waals surface area contributed by atoms with Gasteiger partial charge in [-0.25, -0.2) is 15.0 Å². The highest BCUT2D eigenvalue weighted by Gasteiger charge is 2.16. The number of hydrogen-bond acceptors (Lipinski definition) is 5. The Morgan fingerprint density at radius 1 is 1.44 bits per heavy atom. The number of ether oxygens (including phenoxy) is 1. The van der Waals surface area contributed by atoms with E-state index in [0.29, 0.717) is 6.10 Å². The van der Waals surface area contributed by atoms with Gasteiger partial charge in [-0.3, -0.25) is 0 Å². The summed E-state index contributed by atoms with van der Waals surface area (Å²) in [7, 11) is 0. The van der Waals surface area contributed by atoms with Gasteiger partial charge in [-0.15, -0.1) is 11.8 Å². The molecule has 1 saturated heterocycles. The number of aromatic amines is 1. The number of aromatic nitrogens is 4. The summed E-state index contributed by atoms with van der Waals surface area (Å²) < 4.78 is 5.58. The Kier molecular flexibility index (Phi) is 2.75. The van der Waals surface area contributed by atoms with Crippen molar-refractivity contribution in [3.8, 4) is 0 Å². The van der Waals surface area contributed by atoms with Crippen molar-refractivity contribution in [2.24, 2.45) is 0 Å². The molecule has 1 fully saturated rings. The minimum atomic E-state index is 0.373. The summed E-state index contributed by atoms with van der Waals surface area (Å²) in [6, 6.07) is 0. The number of rotatable bonds is 3. The minimum Gasteiger partial charge on any atom is -0.377 e. The van der Waals surface area contributed by atoms with Crippen LogP contribution in [0, 0.1) is 0 Å². The maximum Gasteiger partial charge on any atom is 0.181 e. The molecule has 0 spiro atoms. The van der Waals surface area contributed by atoms with Crippen molar-refractivity contribution < 1.29 is 4.74 Å². The second-order valence-electron chi connectivity index (χ2n) is 3.73. The Morgan fingerprint density at radius 2 is 2.44 bits per heavy atom. The first-order valence-corrected chi connectivity index (χ1v) is 6.30. The van der Waals surface area contributed by atoms with E-state index < -0.39 is 0 Å². The van der Waals surface area contributed by atoms with Gasteiger partial charge in [0, 0.05) is 12.4 Å². The van der Waals surface area contributed by atoms with Crippen molar-refractivity contribution in [3.05, 3.63) is 12.7 Å². The van der Waals surface area contributed by atoms with Crippen LogP contribution in [0.15, 0.2) is 17.7 Å². The van der Waals surface area contributed by atoms with Crippen molar-refractivity contribution in [2.45, 2.75) is 24.0 Å². The van der Waals surface area contributed by atoms with Crippen LogP contribution in [-0.4, -0.2) is 38.4 Å². The largest absolute Gasteiger partial charge is 0.377 e. The van der Waals surface area contributed by atoms with Gasteiger partial charge in [0.15, 0.2) is 5.65 Å². The van der Waals surface area contributed by atoms with Crippen LogP contribution in [0.5, 0.6) is 0 Å². The molecular weight excluding hydrogens is 224 g/mol. The van der Waals surface area contributed by atoms with E-state index in [-0.39, 0.29) is 0 Å².